The Morgan fingerprint density at radius 3 is 2.47 bits per heavy atom. The zero-order chi connectivity index (χ0) is 21.1. The molecular weight excluding hydrogens is 419 g/mol. The second-order valence-electron chi connectivity index (χ2n) is 7.06. The number of benzene rings is 3. The summed E-state index contributed by atoms with van der Waals surface area (Å²) in [5, 5.41) is 15.7. The number of rotatable bonds is 5. The van der Waals surface area contributed by atoms with E-state index in [4.69, 9.17) is 32.9 Å². The summed E-state index contributed by atoms with van der Waals surface area (Å²) in [6.07, 6.45) is 0.254. The lowest BCUT2D eigenvalue weighted by Gasteiger charge is -2.31. The van der Waals surface area contributed by atoms with E-state index >= 15 is 0 Å². The second-order valence-corrected chi connectivity index (χ2v) is 7.90. The molecule has 1 heterocycles. The first-order valence-electron chi connectivity index (χ1n) is 9.84. The lowest BCUT2D eigenvalue weighted by atomic mass is 9.93. The maximum Gasteiger partial charge on any atom is 0.162 e. The standard InChI is InChI=1S/C24H22Cl2N2O2/c1-2-30-22-9-5-7-18(23(22)29)21-14-20(15-10-12-16(25)13-11-15)27-24(28-21)17-6-3-4-8-19(17)26/h3-13,21,24,28-29H,2,14H2,1H3/t21-,24+/m0/s1. The molecule has 2 atom stereocenters. The van der Waals surface area contributed by atoms with Crippen LogP contribution in [0.25, 0.3) is 0 Å². The van der Waals surface area contributed by atoms with Gasteiger partial charge >= 0.3 is 0 Å². The molecule has 0 fully saturated rings. The summed E-state index contributed by atoms with van der Waals surface area (Å²) in [7, 11) is 0. The Labute approximate surface area is 186 Å². The second kappa shape index (κ2) is 9.09. The maximum absolute atomic E-state index is 10.8. The fourth-order valence-electron chi connectivity index (χ4n) is 3.67. The highest BCUT2D eigenvalue weighted by atomic mass is 35.5. The summed E-state index contributed by atoms with van der Waals surface area (Å²) < 4.78 is 5.58. The molecule has 3 aromatic rings. The Morgan fingerprint density at radius 2 is 1.73 bits per heavy atom. The molecule has 0 bridgehead atoms. The quantitative estimate of drug-likeness (QED) is 0.487. The number of phenols is 1. The summed E-state index contributed by atoms with van der Waals surface area (Å²) in [5.41, 5.74) is 3.56. The van der Waals surface area contributed by atoms with E-state index in [1.807, 2.05) is 67.6 Å². The summed E-state index contributed by atoms with van der Waals surface area (Å²) >= 11 is 12.5. The molecule has 0 radical (unpaired) electrons. The topological polar surface area (TPSA) is 53.8 Å². The van der Waals surface area contributed by atoms with Crippen LogP contribution in [0.5, 0.6) is 11.5 Å². The van der Waals surface area contributed by atoms with E-state index in [0.29, 0.717) is 28.8 Å². The van der Waals surface area contributed by atoms with Gasteiger partial charge in [-0.25, -0.2) is 0 Å². The molecule has 0 saturated heterocycles. The molecule has 154 valence electrons. The van der Waals surface area contributed by atoms with Crippen molar-refractivity contribution in [3.63, 3.8) is 0 Å². The van der Waals surface area contributed by atoms with Gasteiger partial charge in [-0.05, 0) is 36.8 Å². The van der Waals surface area contributed by atoms with Gasteiger partial charge in [-0.3, -0.25) is 10.3 Å². The SMILES string of the molecule is CCOc1cccc([C@@H]2CC(c3ccc(Cl)cc3)=N[C@@H](c3ccccc3Cl)N2)c1O. The molecule has 0 saturated carbocycles. The van der Waals surface area contributed by atoms with Crippen molar-refractivity contribution in [2.45, 2.75) is 25.6 Å². The molecule has 1 aliphatic rings. The van der Waals surface area contributed by atoms with Crippen LogP contribution in [0.1, 0.15) is 42.2 Å². The van der Waals surface area contributed by atoms with E-state index in [1.54, 1.807) is 6.07 Å². The Balaban J connectivity index is 1.77. The number of nitrogens with zero attached hydrogens (tertiary/aromatic N) is 1. The minimum atomic E-state index is -0.349. The highest BCUT2D eigenvalue weighted by molar-refractivity contribution is 6.31. The van der Waals surface area contributed by atoms with Gasteiger partial charge in [0.1, 0.15) is 6.17 Å². The summed E-state index contributed by atoms with van der Waals surface area (Å²) in [5.74, 6) is 0.619. The number of nitrogens with one attached hydrogen (secondary N) is 1. The monoisotopic (exact) mass is 440 g/mol. The van der Waals surface area contributed by atoms with Crippen LogP contribution in [-0.4, -0.2) is 17.4 Å². The average molecular weight is 441 g/mol. The molecule has 4 rings (SSSR count). The number of para-hydroxylation sites is 1. The van der Waals surface area contributed by atoms with Crippen LogP contribution >= 0.6 is 23.2 Å². The minimum absolute atomic E-state index is 0.145. The van der Waals surface area contributed by atoms with Gasteiger partial charge in [0.05, 0.1) is 6.61 Å². The van der Waals surface area contributed by atoms with E-state index in [0.717, 1.165) is 22.4 Å². The van der Waals surface area contributed by atoms with Gasteiger partial charge in [-0.2, -0.15) is 0 Å². The number of ether oxygens (including phenoxy) is 1. The van der Waals surface area contributed by atoms with E-state index in [-0.39, 0.29) is 18.0 Å². The first kappa shape index (κ1) is 20.7. The summed E-state index contributed by atoms with van der Waals surface area (Å²) in [6, 6.07) is 20.7. The van der Waals surface area contributed by atoms with Gasteiger partial charge in [-0.15, -0.1) is 0 Å². The van der Waals surface area contributed by atoms with Gasteiger partial charge < -0.3 is 9.84 Å². The predicted octanol–water partition coefficient (Wildman–Crippen LogP) is 6.32. The van der Waals surface area contributed by atoms with E-state index in [1.165, 1.54) is 0 Å². The van der Waals surface area contributed by atoms with Crippen LogP contribution < -0.4 is 10.1 Å². The zero-order valence-corrected chi connectivity index (χ0v) is 18.0. The molecule has 2 N–H and O–H groups in total. The third kappa shape index (κ3) is 4.31. The van der Waals surface area contributed by atoms with Crippen molar-refractivity contribution in [2.75, 3.05) is 6.61 Å². The van der Waals surface area contributed by atoms with Gasteiger partial charge in [0.2, 0.25) is 0 Å². The van der Waals surface area contributed by atoms with Crippen LogP contribution in [0.3, 0.4) is 0 Å². The molecule has 0 aliphatic carbocycles. The van der Waals surface area contributed by atoms with Crippen molar-refractivity contribution < 1.29 is 9.84 Å². The number of phenolic OH excluding ortho intramolecular Hbond substituents is 1. The van der Waals surface area contributed by atoms with Crippen molar-refractivity contribution in [1.29, 1.82) is 0 Å². The van der Waals surface area contributed by atoms with Crippen LogP contribution in [-0.2, 0) is 0 Å². The first-order chi connectivity index (χ1) is 14.6. The highest BCUT2D eigenvalue weighted by Crippen LogP contribution is 2.39. The van der Waals surface area contributed by atoms with E-state index < -0.39 is 0 Å². The van der Waals surface area contributed by atoms with Crippen LogP contribution in [0, 0.1) is 0 Å². The van der Waals surface area contributed by atoms with E-state index in [9.17, 15) is 5.11 Å². The third-order valence-corrected chi connectivity index (χ3v) is 5.72. The average Bonchev–Trinajstić information content (AvgIpc) is 2.76. The van der Waals surface area contributed by atoms with Crippen molar-refractivity contribution in [2.24, 2.45) is 4.99 Å². The molecule has 1 aliphatic heterocycles. The van der Waals surface area contributed by atoms with Crippen molar-refractivity contribution >= 4 is 28.9 Å². The molecule has 6 heteroatoms. The Hall–Kier alpha value is -2.53. The summed E-state index contributed by atoms with van der Waals surface area (Å²) in [4.78, 5) is 4.94. The van der Waals surface area contributed by atoms with Gasteiger partial charge in [0.25, 0.3) is 0 Å². The number of hydrogen-bond donors (Lipinski definition) is 2. The number of halogens is 2. The lowest BCUT2D eigenvalue weighted by Crippen LogP contribution is -2.33. The van der Waals surface area contributed by atoms with Crippen molar-refractivity contribution in [3.05, 3.63) is 93.5 Å². The van der Waals surface area contributed by atoms with E-state index in [2.05, 4.69) is 5.32 Å². The maximum atomic E-state index is 10.8. The number of aliphatic imine (C=N–C) groups is 1. The smallest absolute Gasteiger partial charge is 0.162 e. The van der Waals surface area contributed by atoms with Crippen molar-refractivity contribution in [1.82, 2.24) is 5.32 Å². The van der Waals surface area contributed by atoms with Gasteiger partial charge in [0, 0.05) is 39.3 Å². The highest BCUT2D eigenvalue weighted by Gasteiger charge is 2.29. The molecule has 0 spiro atoms. The molecule has 0 amide bonds. The van der Waals surface area contributed by atoms with Crippen LogP contribution in [0.2, 0.25) is 10.0 Å². The van der Waals surface area contributed by atoms with Crippen LogP contribution in [0.4, 0.5) is 0 Å². The molecule has 4 nitrogen and oxygen atoms in total. The molecule has 30 heavy (non-hydrogen) atoms. The first-order valence-corrected chi connectivity index (χ1v) is 10.6. The summed E-state index contributed by atoms with van der Waals surface area (Å²) in [6.45, 7) is 2.37. The fraction of sp³-hybridized carbons (Fsp3) is 0.208. The normalized spacial score (nSPS) is 18.7. The van der Waals surface area contributed by atoms with Gasteiger partial charge in [0.15, 0.2) is 11.5 Å². The minimum Gasteiger partial charge on any atom is -0.504 e. The zero-order valence-electron chi connectivity index (χ0n) is 16.5. The van der Waals surface area contributed by atoms with Gasteiger partial charge in [-0.1, -0.05) is 65.7 Å². The lowest BCUT2D eigenvalue weighted by molar-refractivity contribution is 0.313. The number of hydrogen-bond acceptors (Lipinski definition) is 4. The number of aromatic hydroxyl groups is 1. The molecule has 0 unspecified atom stereocenters. The van der Waals surface area contributed by atoms with Crippen molar-refractivity contribution in [3.8, 4) is 11.5 Å². The molecule has 3 aromatic carbocycles. The molecular formula is C24H22Cl2N2O2. The largest absolute Gasteiger partial charge is 0.504 e. The fourth-order valence-corrected chi connectivity index (χ4v) is 4.04. The predicted molar refractivity (Wildman–Crippen MR) is 122 cm³/mol. The van der Waals surface area contributed by atoms with Crippen LogP contribution in [0.15, 0.2) is 71.7 Å². The Morgan fingerprint density at radius 1 is 1.00 bits per heavy atom. The third-order valence-electron chi connectivity index (χ3n) is 5.12. The molecule has 0 aromatic heterocycles. The Kier molecular flexibility index (Phi) is 6.28. The Bertz CT molecular complexity index is 1070.